The van der Waals surface area contributed by atoms with Gasteiger partial charge in [-0.05, 0) is 26.0 Å². The number of benzene rings is 1. The lowest BCUT2D eigenvalue weighted by Crippen LogP contribution is -2.45. The van der Waals surface area contributed by atoms with Crippen LogP contribution in [-0.4, -0.2) is 18.3 Å². The molecule has 1 aliphatic heterocycles. The highest BCUT2D eigenvalue weighted by Crippen LogP contribution is 2.40. The van der Waals surface area contributed by atoms with E-state index in [4.69, 9.17) is 0 Å². The van der Waals surface area contributed by atoms with Crippen molar-refractivity contribution < 1.29 is 0 Å². The number of thioether (sulfide) groups is 1. The molecule has 0 unspecified atom stereocenters. The van der Waals surface area contributed by atoms with Crippen LogP contribution in [0.3, 0.4) is 0 Å². The fraction of sp³-hybridized carbons (Fsp3) is 0.455. The molecule has 70 valence electrons. The van der Waals surface area contributed by atoms with Crippen LogP contribution in [0, 0.1) is 0 Å². The maximum atomic E-state index is 2.37. The molecule has 1 aromatic carbocycles. The van der Waals surface area contributed by atoms with Crippen molar-refractivity contribution in [1.29, 1.82) is 0 Å². The van der Waals surface area contributed by atoms with Crippen LogP contribution in [0.5, 0.6) is 0 Å². The van der Waals surface area contributed by atoms with Crippen molar-refractivity contribution in [2.75, 3.05) is 17.7 Å². The molecule has 0 radical (unpaired) electrons. The van der Waals surface area contributed by atoms with Gasteiger partial charge < -0.3 is 4.90 Å². The van der Waals surface area contributed by atoms with Gasteiger partial charge in [0.05, 0.1) is 5.69 Å². The third-order valence-electron chi connectivity index (χ3n) is 2.72. The van der Waals surface area contributed by atoms with Crippen molar-refractivity contribution in [2.45, 2.75) is 24.3 Å². The maximum absolute atomic E-state index is 2.37. The molecule has 0 bridgehead atoms. The Labute approximate surface area is 84.1 Å². The van der Waals surface area contributed by atoms with Crippen LogP contribution in [0.15, 0.2) is 29.2 Å². The summed E-state index contributed by atoms with van der Waals surface area (Å²) in [5, 5.41) is 0. The highest BCUT2D eigenvalue weighted by atomic mass is 32.2. The van der Waals surface area contributed by atoms with Crippen LogP contribution in [0.2, 0.25) is 0 Å². The first-order valence-corrected chi connectivity index (χ1v) is 5.55. The fourth-order valence-corrected chi connectivity index (χ4v) is 2.76. The molecular weight excluding hydrogens is 178 g/mol. The van der Waals surface area contributed by atoms with Crippen LogP contribution in [0.4, 0.5) is 5.69 Å². The normalized spacial score (nSPS) is 19.8. The van der Waals surface area contributed by atoms with Crippen LogP contribution in [-0.2, 0) is 0 Å². The minimum Gasteiger partial charge on any atom is -0.368 e. The van der Waals surface area contributed by atoms with Crippen molar-refractivity contribution in [3.05, 3.63) is 24.3 Å². The van der Waals surface area contributed by atoms with Crippen LogP contribution < -0.4 is 4.90 Å². The van der Waals surface area contributed by atoms with Crippen molar-refractivity contribution in [3.63, 3.8) is 0 Å². The molecule has 1 heterocycles. The first-order chi connectivity index (χ1) is 6.11. The summed E-state index contributed by atoms with van der Waals surface area (Å²) in [6.45, 7) is 4.58. The molecular formula is C11H15NS. The van der Waals surface area contributed by atoms with E-state index in [1.54, 1.807) is 0 Å². The van der Waals surface area contributed by atoms with E-state index in [0.717, 1.165) is 0 Å². The molecule has 2 rings (SSSR count). The maximum Gasteiger partial charge on any atom is 0.0506 e. The number of nitrogens with zero attached hydrogens (tertiary/aromatic N) is 1. The summed E-state index contributed by atoms with van der Waals surface area (Å²) in [5.74, 6) is 1.17. The van der Waals surface area contributed by atoms with E-state index in [9.17, 15) is 0 Å². The van der Waals surface area contributed by atoms with Gasteiger partial charge in [-0.25, -0.2) is 0 Å². The SMILES string of the molecule is CN1c2ccccc2SCC1(C)C. The Kier molecular flexibility index (Phi) is 2.03. The zero-order chi connectivity index (χ0) is 9.47. The van der Waals surface area contributed by atoms with Crippen molar-refractivity contribution >= 4 is 17.4 Å². The number of hydrogen-bond acceptors (Lipinski definition) is 2. The van der Waals surface area contributed by atoms with Crippen LogP contribution in [0.25, 0.3) is 0 Å². The number of hydrogen-bond donors (Lipinski definition) is 0. The van der Waals surface area contributed by atoms with Gasteiger partial charge in [0.25, 0.3) is 0 Å². The second kappa shape index (κ2) is 2.95. The van der Waals surface area contributed by atoms with Gasteiger partial charge in [0.15, 0.2) is 0 Å². The molecule has 0 aliphatic carbocycles. The molecule has 0 amide bonds. The van der Waals surface area contributed by atoms with E-state index in [-0.39, 0.29) is 5.54 Å². The largest absolute Gasteiger partial charge is 0.368 e. The predicted molar refractivity (Wildman–Crippen MR) is 59.6 cm³/mol. The summed E-state index contributed by atoms with van der Waals surface area (Å²) < 4.78 is 0. The highest BCUT2D eigenvalue weighted by Gasteiger charge is 2.29. The first-order valence-electron chi connectivity index (χ1n) is 4.57. The van der Waals surface area contributed by atoms with Gasteiger partial charge in [-0.2, -0.15) is 0 Å². The number of fused-ring (bicyclic) bond motifs is 1. The average molecular weight is 193 g/mol. The van der Waals surface area contributed by atoms with Crippen molar-refractivity contribution in [3.8, 4) is 0 Å². The number of anilines is 1. The van der Waals surface area contributed by atoms with E-state index in [1.165, 1.54) is 16.3 Å². The molecule has 0 saturated heterocycles. The zero-order valence-corrected chi connectivity index (χ0v) is 9.19. The molecule has 1 aromatic rings. The number of para-hydroxylation sites is 1. The van der Waals surface area contributed by atoms with Gasteiger partial charge in [0, 0.05) is 23.2 Å². The molecule has 0 spiro atoms. The Bertz CT molecular complexity index is 320. The standard InChI is InChI=1S/C11H15NS/c1-11(2)8-13-10-7-5-4-6-9(10)12(11)3/h4-7H,8H2,1-3H3. The molecule has 0 saturated carbocycles. The molecule has 1 nitrogen and oxygen atoms in total. The highest BCUT2D eigenvalue weighted by molar-refractivity contribution is 7.99. The summed E-state index contributed by atoms with van der Waals surface area (Å²) >= 11 is 1.96. The third-order valence-corrected chi connectivity index (χ3v) is 4.22. The Morgan fingerprint density at radius 2 is 2.00 bits per heavy atom. The molecule has 0 aromatic heterocycles. The second-order valence-electron chi connectivity index (χ2n) is 4.13. The summed E-state index contributed by atoms with van der Waals surface area (Å²) in [6.07, 6.45) is 0. The molecule has 0 atom stereocenters. The number of rotatable bonds is 0. The molecule has 1 aliphatic rings. The van der Waals surface area contributed by atoms with Crippen LogP contribution in [0.1, 0.15) is 13.8 Å². The van der Waals surface area contributed by atoms with Gasteiger partial charge in [0.2, 0.25) is 0 Å². The minimum absolute atomic E-state index is 0.277. The minimum atomic E-state index is 0.277. The lowest BCUT2D eigenvalue weighted by Gasteiger charge is -2.42. The Balaban J connectivity index is 2.45. The van der Waals surface area contributed by atoms with Crippen molar-refractivity contribution in [2.24, 2.45) is 0 Å². The van der Waals surface area contributed by atoms with E-state index >= 15 is 0 Å². The molecule has 13 heavy (non-hydrogen) atoms. The van der Waals surface area contributed by atoms with E-state index in [1.807, 2.05) is 11.8 Å². The molecule has 0 N–H and O–H groups in total. The van der Waals surface area contributed by atoms with E-state index < -0.39 is 0 Å². The Morgan fingerprint density at radius 3 is 2.77 bits per heavy atom. The van der Waals surface area contributed by atoms with Gasteiger partial charge in [-0.15, -0.1) is 11.8 Å². The van der Waals surface area contributed by atoms with E-state index in [0.29, 0.717) is 0 Å². The van der Waals surface area contributed by atoms with Gasteiger partial charge in [0.1, 0.15) is 0 Å². The summed E-state index contributed by atoms with van der Waals surface area (Å²) in [7, 11) is 2.18. The van der Waals surface area contributed by atoms with Gasteiger partial charge in [-0.1, -0.05) is 12.1 Å². The fourth-order valence-electron chi connectivity index (χ4n) is 1.53. The monoisotopic (exact) mass is 193 g/mol. The Morgan fingerprint density at radius 1 is 1.31 bits per heavy atom. The third kappa shape index (κ3) is 1.44. The van der Waals surface area contributed by atoms with E-state index in [2.05, 4.69) is 50.1 Å². The van der Waals surface area contributed by atoms with Crippen LogP contribution >= 0.6 is 11.8 Å². The predicted octanol–water partition coefficient (Wildman–Crippen LogP) is 3.01. The average Bonchev–Trinajstić information content (AvgIpc) is 2.13. The zero-order valence-electron chi connectivity index (χ0n) is 8.37. The quantitative estimate of drug-likeness (QED) is 0.623. The topological polar surface area (TPSA) is 3.24 Å². The molecule has 0 fully saturated rings. The van der Waals surface area contributed by atoms with Crippen molar-refractivity contribution in [1.82, 2.24) is 0 Å². The molecule has 2 heteroatoms. The second-order valence-corrected chi connectivity index (χ2v) is 5.15. The summed E-state index contributed by atoms with van der Waals surface area (Å²) in [4.78, 5) is 3.78. The Hall–Kier alpha value is -0.630. The lowest BCUT2D eigenvalue weighted by atomic mass is 10.1. The summed E-state index contributed by atoms with van der Waals surface area (Å²) in [6, 6.07) is 8.62. The first kappa shape index (κ1) is 8.95. The summed E-state index contributed by atoms with van der Waals surface area (Å²) in [5.41, 5.74) is 1.64. The van der Waals surface area contributed by atoms with Gasteiger partial charge in [-0.3, -0.25) is 0 Å². The van der Waals surface area contributed by atoms with Gasteiger partial charge >= 0.3 is 0 Å². The smallest absolute Gasteiger partial charge is 0.0506 e. The lowest BCUT2D eigenvalue weighted by molar-refractivity contribution is 0.539.